The maximum absolute atomic E-state index is 13.3. The Hall–Kier alpha value is -1.13. The molecule has 0 spiro atoms. The fourth-order valence-electron chi connectivity index (χ4n) is 2.51. The molecule has 0 atom stereocenters. The van der Waals surface area contributed by atoms with Crippen LogP contribution in [0.2, 0.25) is 0 Å². The van der Waals surface area contributed by atoms with E-state index in [1.807, 2.05) is 0 Å². The fourth-order valence-corrected chi connectivity index (χ4v) is 2.51. The standard InChI is InChI=1S/C15H23FN2O/c1-15(2,3)18-9-7-17(8-10-18)11-12-5-4-6-13(16)14(12)19/h4-6,19H,7-11H2,1-3H3. The molecule has 19 heavy (non-hydrogen) atoms. The van der Waals surface area contributed by atoms with Crippen molar-refractivity contribution < 1.29 is 9.50 Å². The first-order valence-electron chi connectivity index (χ1n) is 6.81. The summed E-state index contributed by atoms with van der Waals surface area (Å²) < 4.78 is 13.3. The summed E-state index contributed by atoms with van der Waals surface area (Å²) >= 11 is 0. The maximum Gasteiger partial charge on any atom is 0.165 e. The number of rotatable bonds is 2. The third-order valence-corrected chi connectivity index (χ3v) is 3.79. The monoisotopic (exact) mass is 266 g/mol. The summed E-state index contributed by atoms with van der Waals surface area (Å²) in [6, 6.07) is 4.72. The Morgan fingerprint density at radius 1 is 1.16 bits per heavy atom. The van der Waals surface area contributed by atoms with Gasteiger partial charge in [0.2, 0.25) is 0 Å². The van der Waals surface area contributed by atoms with Crippen molar-refractivity contribution in [3.8, 4) is 5.75 Å². The Morgan fingerprint density at radius 3 is 2.37 bits per heavy atom. The molecule has 0 saturated carbocycles. The molecule has 4 heteroatoms. The van der Waals surface area contributed by atoms with Gasteiger partial charge >= 0.3 is 0 Å². The number of benzene rings is 1. The summed E-state index contributed by atoms with van der Waals surface area (Å²) in [6.07, 6.45) is 0. The molecule has 0 bridgehead atoms. The quantitative estimate of drug-likeness (QED) is 0.890. The van der Waals surface area contributed by atoms with E-state index in [0.717, 1.165) is 26.2 Å². The summed E-state index contributed by atoms with van der Waals surface area (Å²) in [5.74, 6) is -0.744. The van der Waals surface area contributed by atoms with Crippen LogP contribution in [0.4, 0.5) is 4.39 Å². The molecule has 0 aliphatic carbocycles. The molecule has 2 rings (SSSR count). The third kappa shape index (κ3) is 3.45. The zero-order valence-corrected chi connectivity index (χ0v) is 12.0. The SMILES string of the molecule is CC(C)(C)N1CCN(Cc2cccc(F)c2O)CC1. The van der Waals surface area contributed by atoms with E-state index in [-0.39, 0.29) is 11.3 Å². The molecule has 0 radical (unpaired) electrons. The second-order valence-electron chi connectivity index (χ2n) is 6.18. The van der Waals surface area contributed by atoms with E-state index in [9.17, 15) is 9.50 Å². The van der Waals surface area contributed by atoms with Gasteiger partial charge in [0.05, 0.1) is 0 Å². The minimum absolute atomic E-state index is 0.201. The first-order valence-corrected chi connectivity index (χ1v) is 6.81. The number of phenolic OH excluding ortho intramolecular Hbond substituents is 1. The highest BCUT2D eigenvalue weighted by atomic mass is 19.1. The van der Waals surface area contributed by atoms with Gasteiger partial charge in [-0.3, -0.25) is 9.80 Å². The summed E-state index contributed by atoms with van der Waals surface area (Å²) in [7, 11) is 0. The minimum Gasteiger partial charge on any atom is -0.505 e. The Morgan fingerprint density at radius 2 is 1.79 bits per heavy atom. The number of halogens is 1. The number of hydrogen-bond acceptors (Lipinski definition) is 3. The molecule has 1 aliphatic rings. The van der Waals surface area contributed by atoms with Crippen molar-refractivity contribution in [1.29, 1.82) is 0 Å². The number of nitrogens with zero attached hydrogens (tertiary/aromatic N) is 2. The second-order valence-corrected chi connectivity index (χ2v) is 6.18. The van der Waals surface area contributed by atoms with Crippen LogP contribution in [0, 0.1) is 5.82 Å². The Labute approximate surface area is 114 Å². The average Bonchev–Trinajstić information content (AvgIpc) is 2.35. The molecule has 1 aromatic carbocycles. The van der Waals surface area contributed by atoms with Gasteiger partial charge in [-0.25, -0.2) is 4.39 Å². The molecule has 1 saturated heterocycles. The zero-order chi connectivity index (χ0) is 14.0. The lowest BCUT2D eigenvalue weighted by molar-refractivity contribution is 0.0587. The van der Waals surface area contributed by atoms with Gasteiger partial charge in [0.1, 0.15) is 0 Å². The maximum atomic E-state index is 13.3. The van der Waals surface area contributed by atoms with Crippen LogP contribution in [0.15, 0.2) is 18.2 Å². The molecule has 1 fully saturated rings. The van der Waals surface area contributed by atoms with E-state index in [4.69, 9.17) is 0 Å². The number of phenols is 1. The van der Waals surface area contributed by atoms with E-state index in [2.05, 4.69) is 30.6 Å². The van der Waals surface area contributed by atoms with Gasteiger partial charge in [-0.1, -0.05) is 12.1 Å². The first-order chi connectivity index (χ1) is 8.88. The molecule has 1 aliphatic heterocycles. The lowest BCUT2D eigenvalue weighted by atomic mass is 10.0. The van der Waals surface area contributed by atoms with Crippen molar-refractivity contribution in [3.05, 3.63) is 29.6 Å². The van der Waals surface area contributed by atoms with Gasteiger partial charge in [0.15, 0.2) is 11.6 Å². The van der Waals surface area contributed by atoms with E-state index >= 15 is 0 Å². The molecule has 1 N–H and O–H groups in total. The van der Waals surface area contributed by atoms with Crippen LogP contribution in [0.5, 0.6) is 5.75 Å². The number of para-hydroxylation sites is 1. The molecular formula is C15H23FN2O. The van der Waals surface area contributed by atoms with Crippen LogP contribution in [-0.4, -0.2) is 46.6 Å². The fraction of sp³-hybridized carbons (Fsp3) is 0.600. The lowest BCUT2D eigenvalue weighted by Gasteiger charge is -2.42. The van der Waals surface area contributed by atoms with Crippen LogP contribution >= 0.6 is 0 Å². The molecule has 0 amide bonds. The van der Waals surface area contributed by atoms with Crippen LogP contribution in [0.3, 0.4) is 0 Å². The summed E-state index contributed by atoms with van der Waals surface area (Å²) in [5, 5.41) is 9.70. The highest BCUT2D eigenvalue weighted by molar-refractivity contribution is 5.33. The van der Waals surface area contributed by atoms with Crippen molar-refractivity contribution in [2.75, 3.05) is 26.2 Å². The van der Waals surface area contributed by atoms with Crippen LogP contribution in [0.25, 0.3) is 0 Å². The van der Waals surface area contributed by atoms with Crippen LogP contribution in [0.1, 0.15) is 26.3 Å². The third-order valence-electron chi connectivity index (χ3n) is 3.79. The number of aromatic hydroxyl groups is 1. The molecular weight excluding hydrogens is 243 g/mol. The van der Waals surface area contributed by atoms with Gasteiger partial charge in [0, 0.05) is 43.8 Å². The normalized spacial score (nSPS) is 18.7. The van der Waals surface area contributed by atoms with Crippen molar-refractivity contribution >= 4 is 0 Å². The highest BCUT2D eigenvalue weighted by Gasteiger charge is 2.26. The average molecular weight is 266 g/mol. The molecule has 0 unspecified atom stereocenters. The number of hydrogen-bond donors (Lipinski definition) is 1. The van der Waals surface area contributed by atoms with Gasteiger partial charge in [-0.05, 0) is 26.8 Å². The van der Waals surface area contributed by atoms with Crippen molar-refractivity contribution in [1.82, 2.24) is 9.80 Å². The minimum atomic E-state index is -0.536. The predicted molar refractivity (Wildman–Crippen MR) is 74.7 cm³/mol. The molecule has 3 nitrogen and oxygen atoms in total. The smallest absolute Gasteiger partial charge is 0.165 e. The van der Waals surface area contributed by atoms with Crippen molar-refractivity contribution in [3.63, 3.8) is 0 Å². The first kappa shape index (κ1) is 14.3. The molecule has 1 aromatic rings. The molecule has 0 aromatic heterocycles. The Kier molecular flexibility index (Phi) is 4.11. The largest absolute Gasteiger partial charge is 0.505 e. The van der Waals surface area contributed by atoms with Gasteiger partial charge in [-0.2, -0.15) is 0 Å². The van der Waals surface area contributed by atoms with E-state index in [1.165, 1.54) is 6.07 Å². The lowest BCUT2D eigenvalue weighted by Crippen LogP contribution is -2.53. The van der Waals surface area contributed by atoms with Crippen molar-refractivity contribution in [2.24, 2.45) is 0 Å². The number of piperazine rings is 1. The van der Waals surface area contributed by atoms with E-state index < -0.39 is 5.82 Å². The van der Waals surface area contributed by atoms with E-state index in [1.54, 1.807) is 12.1 Å². The summed E-state index contributed by atoms with van der Waals surface area (Å²) in [4.78, 5) is 4.71. The second kappa shape index (κ2) is 5.47. The molecule has 1 heterocycles. The topological polar surface area (TPSA) is 26.7 Å². The van der Waals surface area contributed by atoms with E-state index in [0.29, 0.717) is 12.1 Å². The highest BCUT2D eigenvalue weighted by Crippen LogP contribution is 2.23. The van der Waals surface area contributed by atoms with Gasteiger partial charge < -0.3 is 5.11 Å². The van der Waals surface area contributed by atoms with Crippen LogP contribution < -0.4 is 0 Å². The Balaban J connectivity index is 1.94. The van der Waals surface area contributed by atoms with Crippen molar-refractivity contribution in [2.45, 2.75) is 32.9 Å². The van der Waals surface area contributed by atoms with Crippen LogP contribution in [-0.2, 0) is 6.54 Å². The summed E-state index contributed by atoms with van der Waals surface area (Å²) in [6.45, 7) is 11.2. The zero-order valence-electron chi connectivity index (χ0n) is 12.0. The Bertz CT molecular complexity index is 434. The van der Waals surface area contributed by atoms with Gasteiger partial charge in [-0.15, -0.1) is 0 Å². The van der Waals surface area contributed by atoms with Gasteiger partial charge in [0.25, 0.3) is 0 Å². The predicted octanol–water partition coefficient (Wildman–Crippen LogP) is 2.45. The molecule has 106 valence electrons. The summed E-state index contributed by atoms with van der Waals surface area (Å²) in [5.41, 5.74) is 0.872.